The van der Waals surface area contributed by atoms with E-state index in [-0.39, 0.29) is 11.8 Å². The molecule has 0 rings (SSSR count). The topological polar surface area (TPSA) is 67.4 Å². The summed E-state index contributed by atoms with van der Waals surface area (Å²) in [5.74, 6) is -0.204. The van der Waals surface area contributed by atoms with Crippen LogP contribution in [-0.2, 0) is 9.53 Å². The maximum absolute atomic E-state index is 11.7. The molecule has 0 bridgehead atoms. The second kappa shape index (κ2) is 12.0. The Morgan fingerprint density at radius 1 is 1.33 bits per heavy atom. The van der Waals surface area contributed by atoms with E-state index in [0.29, 0.717) is 13.0 Å². The Bertz CT molecular complexity index is 253. The quantitative estimate of drug-likeness (QED) is 0.566. The molecule has 0 aliphatic heterocycles. The summed E-state index contributed by atoms with van der Waals surface area (Å²) in [6.45, 7) is 11.8. The van der Waals surface area contributed by atoms with Gasteiger partial charge in [-0.2, -0.15) is 0 Å². The number of carbonyl (C=O) groups excluding carboxylic acids is 2. The van der Waals surface area contributed by atoms with Crippen LogP contribution in [0, 0.1) is 5.92 Å². The minimum atomic E-state index is -0.599. The van der Waals surface area contributed by atoms with Gasteiger partial charge in [0.1, 0.15) is 6.04 Å². The summed E-state index contributed by atoms with van der Waals surface area (Å²) in [6, 6.07) is -0.572. The monoisotopic (exact) mass is 258 g/mol. The van der Waals surface area contributed by atoms with E-state index in [4.69, 9.17) is 0 Å². The Morgan fingerprint density at radius 3 is 2.28 bits per heavy atom. The molecule has 5 nitrogen and oxygen atoms in total. The minimum absolute atomic E-state index is 0.00262. The Morgan fingerprint density at radius 2 is 1.89 bits per heavy atom. The summed E-state index contributed by atoms with van der Waals surface area (Å²) < 4.78 is 4.46. The summed E-state index contributed by atoms with van der Waals surface area (Å²) in [6.07, 6.45) is 1.82. The predicted molar refractivity (Wildman–Crippen MR) is 73.3 cm³/mol. The average molecular weight is 258 g/mol. The molecular formula is C13H26N2O3. The van der Waals surface area contributed by atoms with Gasteiger partial charge in [0.25, 0.3) is 0 Å². The fourth-order valence-corrected chi connectivity index (χ4v) is 1.13. The standard InChI is InChI=1S/C11H20N2O3.C2H6/c1-5-6-7-12-10(14)9(8(2)3)13-11(15)16-4;1-2/h5,8-9H,1,6-7H2,2-4H3,(H,12,14)(H,13,15);1-2H3. The second-order valence-electron chi connectivity index (χ2n) is 3.73. The smallest absolute Gasteiger partial charge is 0.407 e. The highest BCUT2D eigenvalue weighted by atomic mass is 16.5. The van der Waals surface area contributed by atoms with E-state index < -0.39 is 12.1 Å². The van der Waals surface area contributed by atoms with Crippen molar-refractivity contribution in [1.82, 2.24) is 10.6 Å². The zero-order valence-corrected chi connectivity index (χ0v) is 12.1. The first-order valence-electron chi connectivity index (χ1n) is 6.26. The molecular weight excluding hydrogens is 232 g/mol. The largest absolute Gasteiger partial charge is 0.453 e. The number of ether oxygens (including phenoxy) is 1. The first-order valence-corrected chi connectivity index (χ1v) is 6.26. The first kappa shape index (κ1) is 18.8. The molecule has 5 heteroatoms. The lowest BCUT2D eigenvalue weighted by Crippen LogP contribution is -2.49. The summed E-state index contributed by atoms with van der Waals surface area (Å²) in [7, 11) is 1.27. The van der Waals surface area contributed by atoms with Crippen LogP contribution in [0.3, 0.4) is 0 Å². The SMILES string of the molecule is C=CCCNC(=O)C(NC(=O)OC)C(C)C.CC. The maximum atomic E-state index is 11.7. The fraction of sp³-hybridized carbons (Fsp3) is 0.692. The molecule has 0 spiro atoms. The lowest BCUT2D eigenvalue weighted by atomic mass is 10.0. The summed E-state index contributed by atoms with van der Waals surface area (Å²) in [5.41, 5.74) is 0. The van der Waals surface area contributed by atoms with Crippen LogP contribution in [0.5, 0.6) is 0 Å². The van der Waals surface area contributed by atoms with Crippen LogP contribution in [0.1, 0.15) is 34.1 Å². The third-order valence-electron chi connectivity index (χ3n) is 2.06. The van der Waals surface area contributed by atoms with Crippen molar-refractivity contribution >= 4 is 12.0 Å². The van der Waals surface area contributed by atoms with Crippen LogP contribution in [0.15, 0.2) is 12.7 Å². The highest BCUT2D eigenvalue weighted by Gasteiger charge is 2.23. The molecule has 2 N–H and O–H groups in total. The number of methoxy groups -OCH3 is 1. The number of rotatable bonds is 6. The van der Waals surface area contributed by atoms with Gasteiger partial charge in [-0.1, -0.05) is 33.8 Å². The Kier molecular flexibility index (Phi) is 12.5. The number of amides is 2. The van der Waals surface area contributed by atoms with Crippen LogP contribution >= 0.6 is 0 Å². The Hall–Kier alpha value is -1.52. The van der Waals surface area contributed by atoms with Crippen LogP contribution in [0.4, 0.5) is 4.79 Å². The van der Waals surface area contributed by atoms with Gasteiger partial charge in [-0.05, 0) is 12.3 Å². The zero-order valence-electron chi connectivity index (χ0n) is 12.1. The van der Waals surface area contributed by atoms with E-state index in [1.54, 1.807) is 6.08 Å². The molecule has 0 heterocycles. The van der Waals surface area contributed by atoms with Gasteiger partial charge >= 0.3 is 6.09 Å². The lowest BCUT2D eigenvalue weighted by Gasteiger charge is -2.20. The second-order valence-corrected chi connectivity index (χ2v) is 3.73. The van der Waals surface area contributed by atoms with Gasteiger partial charge in [-0.3, -0.25) is 4.79 Å². The van der Waals surface area contributed by atoms with E-state index in [1.165, 1.54) is 7.11 Å². The zero-order chi connectivity index (χ0) is 14.6. The highest BCUT2D eigenvalue weighted by Crippen LogP contribution is 2.02. The third kappa shape index (κ3) is 8.61. The maximum Gasteiger partial charge on any atom is 0.407 e. The molecule has 0 aliphatic rings. The molecule has 0 aromatic rings. The minimum Gasteiger partial charge on any atom is -0.453 e. The van der Waals surface area contributed by atoms with Gasteiger partial charge in [-0.15, -0.1) is 6.58 Å². The van der Waals surface area contributed by atoms with Crippen molar-refractivity contribution in [1.29, 1.82) is 0 Å². The Balaban J connectivity index is 0. The van der Waals surface area contributed by atoms with Crippen molar-refractivity contribution < 1.29 is 14.3 Å². The van der Waals surface area contributed by atoms with E-state index >= 15 is 0 Å². The molecule has 0 aliphatic carbocycles. The van der Waals surface area contributed by atoms with E-state index in [2.05, 4.69) is 21.9 Å². The molecule has 1 atom stereocenters. The van der Waals surface area contributed by atoms with E-state index in [1.807, 2.05) is 27.7 Å². The van der Waals surface area contributed by atoms with Crippen LogP contribution in [0.2, 0.25) is 0 Å². The van der Waals surface area contributed by atoms with Crippen LogP contribution < -0.4 is 10.6 Å². The highest BCUT2D eigenvalue weighted by molar-refractivity contribution is 5.85. The number of carbonyl (C=O) groups is 2. The lowest BCUT2D eigenvalue weighted by molar-refractivity contribution is -0.123. The average Bonchev–Trinajstić information content (AvgIpc) is 2.37. The number of hydrogen-bond donors (Lipinski definition) is 2. The van der Waals surface area contributed by atoms with Gasteiger partial charge < -0.3 is 15.4 Å². The molecule has 0 aromatic carbocycles. The van der Waals surface area contributed by atoms with Crippen molar-refractivity contribution in [2.24, 2.45) is 5.92 Å². The molecule has 0 saturated heterocycles. The van der Waals surface area contributed by atoms with E-state index in [0.717, 1.165) is 0 Å². The summed E-state index contributed by atoms with van der Waals surface area (Å²) in [4.78, 5) is 22.7. The van der Waals surface area contributed by atoms with Gasteiger partial charge in [0, 0.05) is 6.54 Å². The molecule has 0 fully saturated rings. The number of hydrogen-bond acceptors (Lipinski definition) is 3. The van der Waals surface area contributed by atoms with Crippen LogP contribution in [-0.4, -0.2) is 31.7 Å². The van der Waals surface area contributed by atoms with Crippen LogP contribution in [0.25, 0.3) is 0 Å². The van der Waals surface area contributed by atoms with Crippen molar-refractivity contribution in [3.05, 3.63) is 12.7 Å². The van der Waals surface area contributed by atoms with Gasteiger partial charge in [0.05, 0.1) is 7.11 Å². The molecule has 2 amide bonds. The molecule has 0 saturated carbocycles. The van der Waals surface area contributed by atoms with Crippen molar-refractivity contribution in [2.45, 2.75) is 40.2 Å². The van der Waals surface area contributed by atoms with Gasteiger partial charge in [0.15, 0.2) is 0 Å². The Labute approximate surface area is 110 Å². The van der Waals surface area contributed by atoms with Gasteiger partial charge in [0.2, 0.25) is 5.91 Å². The molecule has 1 unspecified atom stereocenters. The molecule has 106 valence electrons. The molecule has 0 aromatic heterocycles. The van der Waals surface area contributed by atoms with Crippen molar-refractivity contribution in [3.8, 4) is 0 Å². The number of nitrogens with one attached hydrogen (secondary N) is 2. The third-order valence-corrected chi connectivity index (χ3v) is 2.06. The molecule has 18 heavy (non-hydrogen) atoms. The van der Waals surface area contributed by atoms with E-state index in [9.17, 15) is 9.59 Å². The first-order chi connectivity index (χ1) is 8.52. The molecule has 0 radical (unpaired) electrons. The predicted octanol–water partition coefficient (Wildman–Crippen LogP) is 2.09. The van der Waals surface area contributed by atoms with Gasteiger partial charge in [-0.25, -0.2) is 4.79 Å². The fourth-order valence-electron chi connectivity index (χ4n) is 1.13. The summed E-state index contributed by atoms with van der Waals surface area (Å²) >= 11 is 0. The summed E-state index contributed by atoms with van der Waals surface area (Å²) in [5, 5.41) is 5.21. The normalized spacial score (nSPS) is 10.8. The van der Waals surface area contributed by atoms with Crippen molar-refractivity contribution in [3.63, 3.8) is 0 Å². The number of alkyl carbamates (subject to hydrolysis) is 1. The van der Waals surface area contributed by atoms with Crippen molar-refractivity contribution in [2.75, 3.05) is 13.7 Å².